The SMILES string of the molecule is I.NC(=NCCCC1CCCCO1)N1CCOCC1. The van der Waals surface area contributed by atoms with E-state index in [1.165, 1.54) is 19.3 Å². The second-order valence-electron chi connectivity index (χ2n) is 4.97. The van der Waals surface area contributed by atoms with Crippen LogP contribution in [0.4, 0.5) is 0 Å². The number of rotatable bonds is 4. The third-order valence-corrected chi connectivity index (χ3v) is 3.57. The summed E-state index contributed by atoms with van der Waals surface area (Å²) in [5.74, 6) is 0.669. The van der Waals surface area contributed by atoms with Crippen molar-refractivity contribution in [3.05, 3.63) is 0 Å². The van der Waals surface area contributed by atoms with E-state index in [9.17, 15) is 0 Å². The zero-order chi connectivity index (χ0) is 12.6. The minimum absolute atomic E-state index is 0. The van der Waals surface area contributed by atoms with Crippen LogP contribution >= 0.6 is 24.0 Å². The summed E-state index contributed by atoms with van der Waals surface area (Å²) >= 11 is 0. The lowest BCUT2D eigenvalue weighted by atomic mass is 10.1. The summed E-state index contributed by atoms with van der Waals surface area (Å²) in [5.41, 5.74) is 5.96. The molecule has 2 fully saturated rings. The quantitative estimate of drug-likeness (QED) is 0.347. The molecule has 6 heteroatoms. The topological polar surface area (TPSA) is 60.1 Å². The van der Waals surface area contributed by atoms with Crippen molar-refractivity contribution in [1.29, 1.82) is 0 Å². The van der Waals surface area contributed by atoms with Crippen LogP contribution in [0.2, 0.25) is 0 Å². The molecule has 2 rings (SSSR count). The van der Waals surface area contributed by atoms with E-state index < -0.39 is 0 Å². The second-order valence-corrected chi connectivity index (χ2v) is 4.97. The number of nitrogens with two attached hydrogens (primary N) is 1. The number of nitrogens with zero attached hydrogens (tertiary/aromatic N) is 2. The molecule has 112 valence electrons. The molecule has 0 aromatic carbocycles. The highest BCUT2D eigenvalue weighted by molar-refractivity contribution is 14.0. The van der Waals surface area contributed by atoms with E-state index in [-0.39, 0.29) is 24.0 Å². The zero-order valence-electron chi connectivity index (χ0n) is 11.6. The van der Waals surface area contributed by atoms with Crippen molar-refractivity contribution in [3.8, 4) is 0 Å². The van der Waals surface area contributed by atoms with Crippen molar-refractivity contribution < 1.29 is 9.47 Å². The van der Waals surface area contributed by atoms with E-state index in [4.69, 9.17) is 15.2 Å². The molecule has 19 heavy (non-hydrogen) atoms. The summed E-state index contributed by atoms with van der Waals surface area (Å²) < 4.78 is 11.0. The second kappa shape index (κ2) is 9.77. The maximum atomic E-state index is 5.96. The van der Waals surface area contributed by atoms with Crippen LogP contribution in [0.5, 0.6) is 0 Å². The van der Waals surface area contributed by atoms with Crippen molar-refractivity contribution in [1.82, 2.24) is 4.90 Å². The molecule has 0 aromatic rings. The molecule has 1 atom stereocenters. The summed E-state index contributed by atoms with van der Waals surface area (Å²) in [7, 11) is 0. The molecule has 2 saturated heterocycles. The maximum absolute atomic E-state index is 5.96. The van der Waals surface area contributed by atoms with Crippen LogP contribution in [0.1, 0.15) is 32.1 Å². The minimum Gasteiger partial charge on any atom is -0.378 e. The molecule has 0 aromatic heterocycles. The molecule has 2 aliphatic rings. The highest BCUT2D eigenvalue weighted by Crippen LogP contribution is 2.16. The first-order chi connectivity index (χ1) is 8.86. The Balaban J connectivity index is 0.00000180. The lowest BCUT2D eigenvalue weighted by Crippen LogP contribution is -2.44. The van der Waals surface area contributed by atoms with E-state index in [1.54, 1.807) is 0 Å². The van der Waals surface area contributed by atoms with Gasteiger partial charge in [-0.15, -0.1) is 24.0 Å². The third kappa shape index (κ3) is 6.27. The molecule has 0 amide bonds. The Morgan fingerprint density at radius 2 is 2.00 bits per heavy atom. The first-order valence-electron chi connectivity index (χ1n) is 7.10. The van der Waals surface area contributed by atoms with Gasteiger partial charge in [-0.2, -0.15) is 0 Å². The molecule has 0 spiro atoms. The van der Waals surface area contributed by atoms with Gasteiger partial charge in [0.2, 0.25) is 0 Å². The Bertz CT molecular complexity index is 265. The highest BCUT2D eigenvalue weighted by atomic mass is 127. The van der Waals surface area contributed by atoms with E-state index in [0.29, 0.717) is 12.1 Å². The van der Waals surface area contributed by atoms with Crippen molar-refractivity contribution in [2.75, 3.05) is 39.5 Å². The molecule has 2 N–H and O–H groups in total. The van der Waals surface area contributed by atoms with Crippen molar-refractivity contribution in [2.45, 2.75) is 38.2 Å². The Labute approximate surface area is 132 Å². The van der Waals surface area contributed by atoms with Gasteiger partial charge in [-0.1, -0.05) is 0 Å². The predicted octanol–water partition coefficient (Wildman–Crippen LogP) is 1.60. The summed E-state index contributed by atoms with van der Waals surface area (Å²) in [6.45, 7) is 4.98. The molecule has 2 heterocycles. The molecule has 1 unspecified atom stereocenters. The standard InChI is InChI=1S/C13H25N3O2.HI/c14-13(16-7-10-17-11-8-16)15-6-3-5-12-4-1-2-9-18-12;/h12H,1-11H2,(H2,14,15);1H. The average molecular weight is 383 g/mol. The van der Waals surface area contributed by atoms with Crippen molar-refractivity contribution >= 4 is 29.9 Å². The van der Waals surface area contributed by atoms with Crippen LogP contribution in [0.25, 0.3) is 0 Å². The predicted molar refractivity (Wildman–Crippen MR) is 87.1 cm³/mol. The van der Waals surface area contributed by atoms with Crippen LogP contribution in [-0.4, -0.2) is 56.4 Å². The third-order valence-electron chi connectivity index (χ3n) is 3.57. The van der Waals surface area contributed by atoms with Gasteiger partial charge >= 0.3 is 0 Å². The van der Waals surface area contributed by atoms with Gasteiger partial charge in [-0.05, 0) is 32.1 Å². The van der Waals surface area contributed by atoms with Gasteiger partial charge in [0.05, 0.1) is 19.3 Å². The van der Waals surface area contributed by atoms with E-state index in [2.05, 4.69) is 9.89 Å². The van der Waals surface area contributed by atoms with Gasteiger partial charge in [-0.3, -0.25) is 4.99 Å². The molecular weight excluding hydrogens is 357 g/mol. The maximum Gasteiger partial charge on any atom is 0.191 e. The highest BCUT2D eigenvalue weighted by Gasteiger charge is 2.14. The van der Waals surface area contributed by atoms with Gasteiger partial charge in [0, 0.05) is 26.2 Å². The molecule has 0 bridgehead atoms. The van der Waals surface area contributed by atoms with Gasteiger partial charge in [0.25, 0.3) is 0 Å². The minimum atomic E-state index is 0. The average Bonchev–Trinajstić information content (AvgIpc) is 2.45. The Kier molecular flexibility index (Phi) is 8.72. The fourth-order valence-corrected chi connectivity index (χ4v) is 2.44. The number of ether oxygens (including phenoxy) is 2. The normalized spacial score (nSPS) is 24.9. The molecular formula is C13H26IN3O2. The summed E-state index contributed by atoms with van der Waals surface area (Å²) in [6, 6.07) is 0. The molecule has 0 saturated carbocycles. The first kappa shape index (κ1) is 17.0. The number of guanidine groups is 1. The van der Waals surface area contributed by atoms with Crippen molar-refractivity contribution in [2.24, 2.45) is 10.7 Å². The molecule has 0 radical (unpaired) electrons. The number of halogens is 1. The Morgan fingerprint density at radius 3 is 2.68 bits per heavy atom. The largest absolute Gasteiger partial charge is 0.378 e. The van der Waals surface area contributed by atoms with E-state index >= 15 is 0 Å². The summed E-state index contributed by atoms with van der Waals surface area (Å²) in [4.78, 5) is 6.54. The van der Waals surface area contributed by atoms with Crippen molar-refractivity contribution in [3.63, 3.8) is 0 Å². The van der Waals surface area contributed by atoms with E-state index in [1.807, 2.05) is 0 Å². The Hall–Kier alpha value is -0.0800. The van der Waals surface area contributed by atoms with Gasteiger partial charge in [0.1, 0.15) is 0 Å². The van der Waals surface area contributed by atoms with Crippen LogP contribution in [0.3, 0.4) is 0 Å². The lowest BCUT2D eigenvalue weighted by Gasteiger charge is -2.27. The summed E-state index contributed by atoms with van der Waals surface area (Å²) in [5, 5.41) is 0. The molecule has 5 nitrogen and oxygen atoms in total. The van der Waals surface area contributed by atoms with Crippen LogP contribution in [-0.2, 0) is 9.47 Å². The van der Waals surface area contributed by atoms with Crippen LogP contribution < -0.4 is 5.73 Å². The number of morpholine rings is 1. The fraction of sp³-hybridized carbons (Fsp3) is 0.923. The number of hydrogen-bond donors (Lipinski definition) is 1. The van der Waals surface area contributed by atoms with Crippen LogP contribution in [0.15, 0.2) is 4.99 Å². The fourth-order valence-electron chi connectivity index (χ4n) is 2.44. The van der Waals surface area contributed by atoms with Crippen LogP contribution in [0, 0.1) is 0 Å². The smallest absolute Gasteiger partial charge is 0.191 e. The number of hydrogen-bond acceptors (Lipinski definition) is 3. The van der Waals surface area contributed by atoms with Gasteiger partial charge in [-0.25, -0.2) is 0 Å². The molecule has 2 aliphatic heterocycles. The monoisotopic (exact) mass is 383 g/mol. The van der Waals surface area contributed by atoms with Gasteiger partial charge in [0.15, 0.2) is 5.96 Å². The summed E-state index contributed by atoms with van der Waals surface area (Å²) in [6.07, 6.45) is 6.37. The lowest BCUT2D eigenvalue weighted by molar-refractivity contribution is 0.0105. The van der Waals surface area contributed by atoms with E-state index in [0.717, 1.165) is 52.3 Å². The first-order valence-corrected chi connectivity index (χ1v) is 7.10. The van der Waals surface area contributed by atoms with Gasteiger partial charge < -0.3 is 20.1 Å². The number of aliphatic imine (C=N–C) groups is 1. The molecule has 0 aliphatic carbocycles. The zero-order valence-corrected chi connectivity index (χ0v) is 13.9. The Morgan fingerprint density at radius 1 is 1.21 bits per heavy atom.